The average Bonchev–Trinajstić information content (AvgIpc) is 2.25. The van der Waals surface area contributed by atoms with E-state index in [0.29, 0.717) is 12.0 Å². The van der Waals surface area contributed by atoms with E-state index in [1.807, 2.05) is 13.1 Å². The zero-order valence-corrected chi connectivity index (χ0v) is 9.99. The number of rotatable bonds is 5. The number of aromatic nitrogens is 2. The minimum Gasteiger partial charge on any atom is -0.357 e. The fourth-order valence-electron chi connectivity index (χ4n) is 1.51. The smallest absolute Gasteiger partial charge is 0.224 e. The molecule has 1 N–H and O–H groups in total. The van der Waals surface area contributed by atoms with Gasteiger partial charge >= 0.3 is 0 Å². The van der Waals surface area contributed by atoms with E-state index in [-0.39, 0.29) is 0 Å². The lowest BCUT2D eigenvalue weighted by Gasteiger charge is -2.27. The fraction of sp³-hybridized carbons (Fsp3) is 0.636. The maximum Gasteiger partial charge on any atom is 0.224 e. The van der Waals surface area contributed by atoms with Crippen LogP contribution in [0.2, 0.25) is 0 Å². The molecule has 4 nitrogen and oxygen atoms in total. The van der Waals surface area contributed by atoms with Gasteiger partial charge in [-0.25, -0.2) is 4.98 Å². The topological polar surface area (TPSA) is 41.1 Å². The van der Waals surface area contributed by atoms with Crippen molar-refractivity contribution in [1.29, 1.82) is 0 Å². The van der Waals surface area contributed by atoms with Gasteiger partial charge in [0.05, 0.1) is 0 Å². The van der Waals surface area contributed by atoms with E-state index in [2.05, 4.69) is 41.0 Å². The van der Waals surface area contributed by atoms with Crippen molar-refractivity contribution in [3.8, 4) is 0 Å². The molecular weight excluding hydrogens is 188 g/mol. The van der Waals surface area contributed by atoms with Crippen LogP contribution in [-0.4, -0.2) is 29.6 Å². The first-order valence-electron chi connectivity index (χ1n) is 5.46. The summed E-state index contributed by atoms with van der Waals surface area (Å²) in [4.78, 5) is 10.8. The molecule has 84 valence electrons. The van der Waals surface area contributed by atoms with Crippen LogP contribution in [0.25, 0.3) is 0 Å². The molecule has 0 fully saturated rings. The van der Waals surface area contributed by atoms with Gasteiger partial charge in [-0.1, -0.05) is 6.92 Å². The van der Waals surface area contributed by atoms with E-state index in [1.165, 1.54) is 0 Å². The van der Waals surface area contributed by atoms with Crippen molar-refractivity contribution in [1.82, 2.24) is 9.97 Å². The van der Waals surface area contributed by atoms with Gasteiger partial charge in [0.25, 0.3) is 0 Å². The summed E-state index contributed by atoms with van der Waals surface area (Å²) in [6.45, 7) is 7.56. The lowest BCUT2D eigenvalue weighted by molar-refractivity contribution is 0.661. The third-order valence-electron chi connectivity index (χ3n) is 2.25. The third kappa shape index (κ3) is 3.08. The van der Waals surface area contributed by atoms with Crippen LogP contribution in [-0.2, 0) is 0 Å². The summed E-state index contributed by atoms with van der Waals surface area (Å²) in [6.07, 6.45) is 2.91. The summed E-state index contributed by atoms with van der Waals surface area (Å²) in [7, 11) is 1.83. The molecule has 1 heterocycles. The second kappa shape index (κ2) is 5.53. The Morgan fingerprint density at radius 3 is 2.73 bits per heavy atom. The van der Waals surface area contributed by atoms with Crippen molar-refractivity contribution in [2.45, 2.75) is 33.2 Å². The molecule has 15 heavy (non-hydrogen) atoms. The van der Waals surface area contributed by atoms with Gasteiger partial charge in [0.2, 0.25) is 5.95 Å². The molecule has 1 rings (SSSR count). The molecule has 0 spiro atoms. The summed E-state index contributed by atoms with van der Waals surface area (Å²) in [5.74, 6) is 1.67. The van der Waals surface area contributed by atoms with Crippen molar-refractivity contribution >= 4 is 11.8 Å². The molecule has 0 aliphatic heterocycles. The molecule has 0 radical (unpaired) electrons. The predicted molar refractivity (Wildman–Crippen MR) is 64.4 cm³/mol. The van der Waals surface area contributed by atoms with E-state index < -0.39 is 0 Å². The molecule has 0 saturated heterocycles. The van der Waals surface area contributed by atoms with Gasteiger partial charge in [-0.2, -0.15) is 4.98 Å². The first-order chi connectivity index (χ1) is 7.19. The van der Waals surface area contributed by atoms with Gasteiger partial charge in [-0.15, -0.1) is 0 Å². The summed E-state index contributed by atoms with van der Waals surface area (Å²) in [5, 5.41) is 2.95. The molecule has 0 atom stereocenters. The van der Waals surface area contributed by atoms with Gasteiger partial charge in [-0.05, 0) is 26.3 Å². The molecule has 0 bridgehead atoms. The molecule has 0 aliphatic carbocycles. The second-order valence-electron chi connectivity index (χ2n) is 3.78. The molecule has 0 unspecified atom stereocenters. The zero-order chi connectivity index (χ0) is 11.3. The van der Waals surface area contributed by atoms with Crippen LogP contribution >= 0.6 is 0 Å². The first kappa shape index (κ1) is 11.8. The van der Waals surface area contributed by atoms with Crippen molar-refractivity contribution in [2.24, 2.45) is 0 Å². The minimum absolute atomic E-state index is 0.463. The van der Waals surface area contributed by atoms with Crippen LogP contribution in [0.1, 0.15) is 27.2 Å². The highest BCUT2D eigenvalue weighted by atomic mass is 15.2. The van der Waals surface area contributed by atoms with Crippen molar-refractivity contribution in [3.63, 3.8) is 0 Å². The molecular formula is C11H20N4. The van der Waals surface area contributed by atoms with Crippen molar-refractivity contribution in [2.75, 3.05) is 23.8 Å². The normalized spacial score (nSPS) is 10.5. The third-order valence-corrected chi connectivity index (χ3v) is 2.25. The van der Waals surface area contributed by atoms with E-state index in [4.69, 9.17) is 0 Å². The minimum atomic E-state index is 0.463. The van der Waals surface area contributed by atoms with E-state index in [0.717, 1.165) is 18.8 Å². The molecule has 0 amide bonds. The summed E-state index contributed by atoms with van der Waals surface area (Å²) < 4.78 is 0. The van der Waals surface area contributed by atoms with Crippen LogP contribution in [0.15, 0.2) is 12.3 Å². The summed E-state index contributed by atoms with van der Waals surface area (Å²) in [6, 6.07) is 2.42. The summed E-state index contributed by atoms with van der Waals surface area (Å²) >= 11 is 0. The van der Waals surface area contributed by atoms with Gasteiger partial charge in [0.15, 0.2) is 0 Å². The van der Waals surface area contributed by atoms with Gasteiger partial charge in [0, 0.05) is 25.8 Å². The van der Waals surface area contributed by atoms with Crippen LogP contribution in [0.5, 0.6) is 0 Å². The zero-order valence-electron chi connectivity index (χ0n) is 9.99. The Kier molecular flexibility index (Phi) is 4.34. The van der Waals surface area contributed by atoms with Gasteiger partial charge < -0.3 is 10.2 Å². The SMILES string of the molecule is CCCN(c1ccnc(NC)n1)C(C)C. The molecule has 0 aliphatic rings. The second-order valence-corrected chi connectivity index (χ2v) is 3.78. The fourth-order valence-corrected chi connectivity index (χ4v) is 1.51. The number of hydrogen-bond acceptors (Lipinski definition) is 4. The predicted octanol–water partition coefficient (Wildman–Crippen LogP) is 2.14. The van der Waals surface area contributed by atoms with E-state index in [9.17, 15) is 0 Å². The van der Waals surface area contributed by atoms with E-state index >= 15 is 0 Å². The largest absolute Gasteiger partial charge is 0.357 e. The lowest BCUT2D eigenvalue weighted by Crippen LogP contribution is -2.32. The van der Waals surface area contributed by atoms with Gasteiger partial charge in [0.1, 0.15) is 5.82 Å². The molecule has 1 aromatic heterocycles. The monoisotopic (exact) mass is 208 g/mol. The van der Waals surface area contributed by atoms with Crippen LogP contribution < -0.4 is 10.2 Å². The molecule has 4 heteroatoms. The van der Waals surface area contributed by atoms with Crippen LogP contribution in [0.3, 0.4) is 0 Å². The Hall–Kier alpha value is -1.32. The van der Waals surface area contributed by atoms with E-state index in [1.54, 1.807) is 6.20 Å². The van der Waals surface area contributed by atoms with Crippen molar-refractivity contribution < 1.29 is 0 Å². The molecule has 0 saturated carbocycles. The lowest BCUT2D eigenvalue weighted by atomic mass is 10.3. The summed E-state index contributed by atoms with van der Waals surface area (Å²) in [5.41, 5.74) is 0. The number of nitrogens with zero attached hydrogens (tertiary/aromatic N) is 3. The number of anilines is 2. The molecule has 0 aromatic carbocycles. The average molecular weight is 208 g/mol. The maximum atomic E-state index is 4.44. The maximum absolute atomic E-state index is 4.44. The number of hydrogen-bond donors (Lipinski definition) is 1. The quantitative estimate of drug-likeness (QED) is 0.805. The highest BCUT2D eigenvalue weighted by Gasteiger charge is 2.11. The van der Waals surface area contributed by atoms with Crippen LogP contribution in [0.4, 0.5) is 11.8 Å². The first-order valence-corrected chi connectivity index (χ1v) is 5.46. The molecule has 1 aromatic rings. The Balaban J connectivity index is 2.89. The Bertz CT molecular complexity index is 298. The highest BCUT2D eigenvalue weighted by Crippen LogP contribution is 2.15. The number of nitrogens with one attached hydrogen (secondary N) is 1. The standard InChI is InChI=1S/C11H20N4/c1-5-8-15(9(2)3)10-6-7-13-11(12-4)14-10/h6-7,9H,5,8H2,1-4H3,(H,12,13,14). The van der Waals surface area contributed by atoms with Crippen LogP contribution in [0, 0.1) is 0 Å². The Morgan fingerprint density at radius 1 is 1.47 bits per heavy atom. The van der Waals surface area contributed by atoms with Crippen molar-refractivity contribution in [3.05, 3.63) is 12.3 Å². The Morgan fingerprint density at radius 2 is 2.20 bits per heavy atom. The highest BCUT2D eigenvalue weighted by molar-refractivity contribution is 5.42. The Labute approximate surface area is 91.7 Å². The van der Waals surface area contributed by atoms with Gasteiger partial charge in [-0.3, -0.25) is 0 Å².